The Morgan fingerprint density at radius 1 is 1.67 bits per heavy atom. The number of amides is 1. The Kier molecular flexibility index (Phi) is 3.33. The summed E-state index contributed by atoms with van der Waals surface area (Å²) in [5.41, 5.74) is 6.29. The minimum atomic E-state index is 0.0223. The maximum atomic E-state index is 11.6. The molecule has 6 nitrogen and oxygen atoms in total. The molecule has 2 heterocycles. The maximum absolute atomic E-state index is 11.6. The average molecular weight is 246 g/mol. The molecule has 18 heavy (non-hydrogen) atoms. The van der Waals surface area contributed by atoms with Crippen molar-refractivity contribution in [3.8, 4) is 11.9 Å². The zero-order chi connectivity index (χ0) is 13.1. The van der Waals surface area contributed by atoms with Crippen LogP contribution in [0.25, 0.3) is 0 Å². The minimum Gasteiger partial charge on any atom is -0.477 e. The van der Waals surface area contributed by atoms with E-state index in [9.17, 15) is 4.79 Å². The van der Waals surface area contributed by atoms with Crippen molar-refractivity contribution in [1.82, 2.24) is 4.98 Å². The minimum absolute atomic E-state index is 0.0223. The Labute approximate surface area is 105 Å². The number of anilines is 2. The Hall–Kier alpha value is -2.29. The number of nitrogens with zero attached hydrogens (tertiary/aromatic N) is 3. The molecule has 0 aliphatic carbocycles. The topological polar surface area (TPSA) is 92.2 Å². The number of nitriles is 1. The highest BCUT2D eigenvalue weighted by Crippen LogP contribution is 2.29. The molecule has 2 N–H and O–H groups in total. The summed E-state index contributed by atoms with van der Waals surface area (Å²) in [6.07, 6.45) is 1.33. The van der Waals surface area contributed by atoms with Gasteiger partial charge in [-0.2, -0.15) is 10.2 Å². The van der Waals surface area contributed by atoms with Crippen molar-refractivity contribution in [2.75, 3.05) is 23.8 Å². The van der Waals surface area contributed by atoms with Crippen LogP contribution in [0.5, 0.6) is 5.88 Å². The van der Waals surface area contributed by atoms with E-state index in [1.54, 1.807) is 17.9 Å². The fraction of sp³-hybridized carbons (Fsp3) is 0.417. The third kappa shape index (κ3) is 2.07. The Morgan fingerprint density at radius 2 is 2.44 bits per heavy atom. The number of hydrogen-bond donors (Lipinski definition) is 1. The standard InChI is InChI=1S/C12H14N4O2/c1-2-18-12-8(7-13)9(14)6-10(15-12)16-5-3-4-11(16)17/h6H,2-5H2,1H3,(H2,14,15). The van der Waals surface area contributed by atoms with E-state index in [0.717, 1.165) is 6.42 Å². The van der Waals surface area contributed by atoms with Crippen molar-refractivity contribution in [2.45, 2.75) is 19.8 Å². The molecule has 0 spiro atoms. The van der Waals surface area contributed by atoms with Crippen LogP contribution in [0.2, 0.25) is 0 Å². The van der Waals surface area contributed by atoms with Crippen molar-refractivity contribution < 1.29 is 9.53 Å². The fourth-order valence-corrected chi connectivity index (χ4v) is 1.91. The molecule has 1 aromatic heterocycles. The zero-order valence-electron chi connectivity index (χ0n) is 10.1. The van der Waals surface area contributed by atoms with Crippen LogP contribution in [-0.4, -0.2) is 24.0 Å². The van der Waals surface area contributed by atoms with Crippen molar-refractivity contribution in [2.24, 2.45) is 0 Å². The third-order valence-corrected chi connectivity index (χ3v) is 2.75. The summed E-state index contributed by atoms with van der Waals surface area (Å²) in [5, 5.41) is 9.00. The molecule has 1 amide bonds. The van der Waals surface area contributed by atoms with E-state index < -0.39 is 0 Å². The molecule has 2 rings (SSSR count). The molecule has 1 aromatic rings. The first-order valence-electron chi connectivity index (χ1n) is 5.81. The number of ether oxygens (including phenoxy) is 1. The van der Waals surface area contributed by atoms with Crippen LogP contribution in [0.3, 0.4) is 0 Å². The Balaban J connectivity index is 2.44. The van der Waals surface area contributed by atoms with Crippen molar-refractivity contribution >= 4 is 17.4 Å². The van der Waals surface area contributed by atoms with Crippen LogP contribution in [0, 0.1) is 11.3 Å². The van der Waals surface area contributed by atoms with Crippen LogP contribution >= 0.6 is 0 Å². The molecule has 94 valence electrons. The summed E-state index contributed by atoms with van der Waals surface area (Å²) < 4.78 is 5.29. The molecule has 0 saturated carbocycles. The molecular weight excluding hydrogens is 232 g/mol. The summed E-state index contributed by atoms with van der Waals surface area (Å²) in [6, 6.07) is 3.51. The van der Waals surface area contributed by atoms with Gasteiger partial charge in [0.1, 0.15) is 17.5 Å². The van der Waals surface area contributed by atoms with E-state index in [0.29, 0.717) is 25.4 Å². The lowest BCUT2D eigenvalue weighted by Crippen LogP contribution is -2.25. The third-order valence-electron chi connectivity index (χ3n) is 2.75. The summed E-state index contributed by atoms with van der Waals surface area (Å²) >= 11 is 0. The molecule has 6 heteroatoms. The van der Waals surface area contributed by atoms with Gasteiger partial charge in [0.25, 0.3) is 0 Å². The molecule has 0 atom stereocenters. The van der Waals surface area contributed by atoms with Crippen molar-refractivity contribution in [3.63, 3.8) is 0 Å². The maximum Gasteiger partial charge on any atom is 0.235 e. The van der Waals surface area contributed by atoms with Crippen LogP contribution < -0.4 is 15.4 Å². The van der Waals surface area contributed by atoms with Gasteiger partial charge in [-0.3, -0.25) is 9.69 Å². The summed E-state index contributed by atoms with van der Waals surface area (Å²) in [6.45, 7) is 2.81. The second-order valence-electron chi connectivity index (χ2n) is 3.94. The Bertz CT molecular complexity index is 522. The van der Waals surface area contributed by atoms with Crippen LogP contribution in [0.15, 0.2) is 6.07 Å². The first-order chi connectivity index (χ1) is 8.67. The van der Waals surface area contributed by atoms with Crippen molar-refractivity contribution in [1.29, 1.82) is 5.26 Å². The molecule has 1 aliphatic heterocycles. The fourth-order valence-electron chi connectivity index (χ4n) is 1.91. The summed E-state index contributed by atoms with van der Waals surface area (Å²) in [5.74, 6) is 0.668. The second kappa shape index (κ2) is 4.92. The van der Waals surface area contributed by atoms with Gasteiger partial charge in [-0.15, -0.1) is 0 Å². The van der Waals surface area contributed by atoms with E-state index in [-0.39, 0.29) is 23.0 Å². The van der Waals surface area contributed by atoms with Gasteiger partial charge in [-0.05, 0) is 13.3 Å². The molecule has 1 fully saturated rings. The first-order valence-corrected chi connectivity index (χ1v) is 5.81. The number of nitrogen functional groups attached to an aromatic ring is 1. The highest BCUT2D eigenvalue weighted by molar-refractivity contribution is 5.95. The number of nitrogens with two attached hydrogens (primary N) is 1. The molecule has 0 unspecified atom stereocenters. The molecule has 0 aromatic carbocycles. The average Bonchev–Trinajstić information content (AvgIpc) is 2.75. The molecule has 0 radical (unpaired) electrons. The van der Waals surface area contributed by atoms with Gasteiger partial charge in [0, 0.05) is 19.0 Å². The van der Waals surface area contributed by atoms with Gasteiger partial charge >= 0.3 is 0 Å². The number of hydrogen-bond acceptors (Lipinski definition) is 5. The van der Waals surface area contributed by atoms with Gasteiger partial charge in [0.15, 0.2) is 0 Å². The van der Waals surface area contributed by atoms with Gasteiger partial charge in [0.05, 0.1) is 12.3 Å². The van der Waals surface area contributed by atoms with Crippen LogP contribution in [0.4, 0.5) is 11.5 Å². The van der Waals surface area contributed by atoms with Gasteiger partial charge in [0.2, 0.25) is 11.8 Å². The van der Waals surface area contributed by atoms with Gasteiger partial charge in [-0.1, -0.05) is 0 Å². The quantitative estimate of drug-likeness (QED) is 0.860. The van der Waals surface area contributed by atoms with E-state index in [1.165, 1.54) is 0 Å². The van der Waals surface area contributed by atoms with Crippen LogP contribution in [-0.2, 0) is 4.79 Å². The SMILES string of the molecule is CCOc1nc(N2CCCC2=O)cc(N)c1C#N. The number of rotatable bonds is 3. The highest BCUT2D eigenvalue weighted by Gasteiger charge is 2.24. The molecule has 1 aliphatic rings. The predicted octanol–water partition coefficient (Wildman–Crippen LogP) is 1.06. The smallest absolute Gasteiger partial charge is 0.235 e. The second-order valence-corrected chi connectivity index (χ2v) is 3.94. The predicted molar refractivity (Wildman–Crippen MR) is 66.1 cm³/mol. The van der Waals surface area contributed by atoms with E-state index in [1.807, 2.05) is 6.07 Å². The first kappa shape index (κ1) is 12.2. The highest BCUT2D eigenvalue weighted by atomic mass is 16.5. The lowest BCUT2D eigenvalue weighted by atomic mass is 10.2. The number of carbonyl (C=O) groups excluding carboxylic acids is 1. The Morgan fingerprint density at radius 3 is 3.00 bits per heavy atom. The lowest BCUT2D eigenvalue weighted by molar-refractivity contribution is -0.117. The van der Waals surface area contributed by atoms with Gasteiger partial charge in [-0.25, -0.2) is 0 Å². The molecule has 1 saturated heterocycles. The number of pyridine rings is 1. The summed E-state index contributed by atoms with van der Waals surface area (Å²) in [4.78, 5) is 17.4. The van der Waals surface area contributed by atoms with Crippen molar-refractivity contribution in [3.05, 3.63) is 11.6 Å². The van der Waals surface area contributed by atoms with Gasteiger partial charge < -0.3 is 10.5 Å². The number of carbonyl (C=O) groups is 1. The van der Waals surface area contributed by atoms with E-state index in [2.05, 4.69) is 4.98 Å². The normalized spacial score (nSPS) is 14.7. The lowest BCUT2D eigenvalue weighted by Gasteiger charge is -2.17. The largest absolute Gasteiger partial charge is 0.477 e. The van der Waals surface area contributed by atoms with E-state index in [4.69, 9.17) is 15.7 Å². The summed E-state index contributed by atoms with van der Waals surface area (Å²) in [7, 11) is 0. The zero-order valence-corrected chi connectivity index (χ0v) is 10.1. The van der Waals surface area contributed by atoms with Crippen LogP contribution in [0.1, 0.15) is 25.3 Å². The number of aromatic nitrogens is 1. The van der Waals surface area contributed by atoms with E-state index >= 15 is 0 Å². The molecule has 0 bridgehead atoms. The molecular formula is C12H14N4O2. The monoisotopic (exact) mass is 246 g/mol.